The van der Waals surface area contributed by atoms with Crippen LogP contribution in [0.25, 0.3) is 0 Å². The number of hydrogen-bond donors (Lipinski definition) is 1. The zero-order valence-electron chi connectivity index (χ0n) is 10.3. The van der Waals surface area contributed by atoms with Crippen LogP contribution >= 0.6 is 0 Å². The Kier molecular flexibility index (Phi) is 3.64. The van der Waals surface area contributed by atoms with Crippen LogP contribution in [0.2, 0.25) is 0 Å². The maximum Gasteiger partial charge on any atom is 0.239 e. The van der Waals surface area contributed by atoms with Crippen molar-refractivity contribution in [2.24, 2.45) is 0 Å². The Balaban J connectivity index is 2.06. The van der Waals surface area contributed by atoms with Crippen LogP contribution in [0.4, 0.5) is 0 Å². The largest absolute Gasteiger partial charge is 0.497 e. The van der Waals surface area contributed by atoms with E-state index in [1.165, 1.54) is 0 Å². The van der Waals surface area contributed by atoms with Crippen molar-refractivity contribution in [1.29, 1.82) is 0 Å². The summed E-state index contributed by atoms with van der Waals surface area (Å²) in [6.07, 6.45) is 0.709. The van der Waals surface area contributed by atoms with E-state index in [-0.39, 0.29) is 11.9 Å². The highest BCUT2D eigenvalue weighted by Crippen LogP contribution is 2.15. The number of amides is 1. The number of methoxy groups -OCH3 is 1. The molecule has 1 saturated heterocycles. The fourth-order valence-electron chi connectivity index (χ4n) is 2.06. The smallest absolute Gasteiger partial charge is 0.239 e. The SMILES string of the molecule is COc1cccc(CC2NCCN(C)C2=O)c1. The predicted molar refractivity (Wildman–Crippen MR) is 66.1 cm³/mol. The molecule has 0 spiro atoms. The summed E-state index contributed by atoms with van der Waals surface area (Å²) in [5.41, 5.74) is 1.12. The lowest BCUT2D eigenvalue weighted by Gasteiger charge is -2.30. The minimum Gasteiger partial charge on any atom is -0.497 e. The second-order valence-corrected chi connectivity index (χ2v) is 4.32. The first-order chi connectivity index (χ1) is 8.20. The first-order valence-corrected chi connectivity index (χ1v) is 5.82. The van der Waals surface area contributed by atoms with Crippen LogP contribution in [-0.4, -0.2) is 44.1 Å². The van der Waals surface area contributed by atoms with Crippen LogP contribution in [-0.2, 0) is 11.2 Å². The summed E-state index contributed by atoms with van der Waals surface area (Å²) in [4.78, 5) is 13.7. The van der Waals surface area contributed by atoms with E-state index >= 15 is 0 Å². The molecule has 1 heterocycles. The van der Waals surface area contributed by atoms with Crippen molar-refractivity contribution < 1.29 is 9.53 Å². The molecular formula is C13H18N2O2. The lowest BCUT2D eigenvalue weighted by Crippen LogP contribution is -2.54. The van der Waals surface area contributed by atoms with E-state index in [0.29, 0.717) is 6.42 Å². The summed E-state index contributed by atoms with van der Waals surface area (Å²) in [5.74, 6) is 0.998. The third-order valence-electron chi connectivity index (χ3n) is 3.09. The molecular weight excluding hydrogens is 216 g/mol. The van der Waals surface area contributed by atoms with Crippen LogP contribution in [0.5, 0.6) is 5.75 Å². The van der Waals surface area contributed by atoms with E-state index in [1.54, 1.807) is 12.0 Å². The summed E-state index contributed by atoms with van der Waals surface area (Å²) < 4.78 is 5.18. The number of hydrogen-bond acceptors (Lipinski definition) is 3. The van der Waals surface area contributed by atoms with Crippen molar-refractivity contribution in [3.8, 4) is 5.75 Å². The molecule has 1 atom stereocenters. The number of carbonyl (C=O) groups excluding carboxylic acids is 1. The molecule has 1 unspecified atom stereocenters. The maximum absolute atomic E-state index is 11.9. The zero-order chi connectivity index (χ0) is 12.3. The minimum atomic E-state index is -0.110. The molecule has 1 N–H and O–H groups in total. The van der Waals surface area contributed by atoms with Crippen LogP contribution in [0, 0.1) is 0 Å². The molecule has 0 aliphatic carbocycles. The zero-order valence-corrected chi connectivity index (χ0v) is 10.3. The molecule has 0 radical (unpaired) electrons. The number of ether oxygens (including phenoxy) is 1. The first-order valence-electron chi connectivity index (χ1n) is 5.82. The summed E-state index contributed by atoms with van der Waals surface area (Å²) in [6.45, 7) is 1.64. The molecule has 2 rings (SSSR count). The average Bonchev–Trinajstić information content (AvgIpc) is 2.35. The summed E-state index contributed by atoms with van der Waals surface area (Å²) in [7, 11) is 3.50. The maximum atomic E-state index is 11.9. The van der Waals surface area contributed by atoms with Crippen molar-refractivity contribution in [3.05, 3.63) is 29.8 Å². The van der Waals surface area contributed by atoms with E-state index < -0.39 is 0 Å². The van der Waals surface area contributed by atoms with Gasteiger partial charge in [-0.2, -0.15) is 0 Å². The highest BCUT2D eigenvalue weighted by Gasteiger charge is 2.25. The molecule has 1 amide bonds. The van der Waals surface area contributed by atoms with Crippen molar-refractivity contribution in [2.75, 3.05) is 27.2 Å². The van der Waals surface area contributed by atoms with Crippen LogP contribution in [0.15, 0.2) is 24.3 Å². The Morgan fingerprint density at radius 3 is 3.12 bits per heavy atom. The van der Waals surface area contributed by atoms with Gasteiger partial charge in [-0.1, -0.05) is 12.1 Å². The van der Waals surface area contributed by atoms with Crippen LogP contribution < -0.4 is 10.1 Å². The van der Waals surface area contributed by atoms with Crippen molar-refractivity contribution >= 4 is 5.91 Å². The highest BCUT2D eigenvalue weighted by atomic mass is 16.5. The second kappa shape index (κ2) is 5.19. The predicted octanol–water partition coefficient (Wildman–Crippen LogP) is 0.668. The van der Waals surface area contributed by atoms with Crippen molar-refractivity contribution in [1.82, 2.24) is 10.2 Å². The van der Waals surface area contributed by atoms with Gasteiger partial charge in [0.2, 0.25) is 5.91 Å². The van der Waals surface area contributed by atoms with Crippen LogP contribution in [0.1, 0.15) is 5.56 Å². The Hall–Kier alpha value is -1.55. The lowest BCUT2D eigenvalue weighted by atomic mass is 10.0. The highest BCUT2D eigenvalue weighted by molar-refractivity contribution is 5.82. The van der Waals surface area contributed by atoms with Crippen molar-refractivity contribution in [2.45, 2.75) is 12.5 Å². The number of likely N-dealkylation sites (N-methyl/N-ethyl adjacent to an activating group) is 1. The van der Waals surface area contributed by atoms with Gasteiger partial charge in [-0.05, 0) is 24.1 Å². The molecule has 4 heteroatoms. The van der Waals surface area contributed by atoms with Crippen LogP contribution in [0.3, 0.4) is 0 Å². The quantitative estimate of drug-likeness (QED) is 0.835. The Morgan fingerprint density at radius 2 is 2.35 bits per heavy atom. The molecule has 1 fully saturated rings. The Labute approximate surface area is 102 Å². The molecule has 0 aromatic heterocycles. The minimum absolute atomic E-state index is 0.110. The van der Waals surface area contributed by atoms with Crippen molar-refractivity contribution in [3.63, 3.8) is 0 Å². The third-order valence-corrected chi connectivity index (χ3v) is 3.09. The number of piperazine rings is 1. The van der Waals surface area contributed by atoms with Gasteiger partial charge in [0.1, 0.15) is 5.75 Å². The fraction of sp³-hybridized carbons (Fsp3) is 0.462. The van der Waals surface area contributed by atoms with E-state index in [0.717, 1.165) is 24.4 Å². The molecule has 17 heavy (non-hydrogen) atoms. The monoisotopic (exact) mass is 234 g/mol. The number of benzene rings is 1. The number of rotatable bonds is 3. The van der Waals surface area contributed by atoms with E-state index in [1.807, 2.05) is 31.3 Å². The topological polar surface area (TPSA) is 41.6 Å². The van der Waals surface area contributed by atoms with Gasteiger partial charge in [0.15, 0.2) is 0 Å². The molecule has 1 aromatic rings. The van der Waals surface area contributed by atoms with E-state index in [2.05, 4.69) is 5.32 Å². The summed E-state index contributed by atoms with van der Waals surface area (Å²) in [5, 5.41) is 3.25. The Morgan fingerprint density at radius 1 is 1.53 bits per heavy atom. The van der Waals surface area contributed by atoms with Gasteiger partial charge in [-0.25, -0.2) is 0 Å². The summed E-state index contributed by atoms with van der Waals surface area (Å²) in [6, 6.07) is 7.74. The number of nitrogens with one attached hydrogen (secondary N) is 1. The average molecular weight is 234 g/mol. The first kappa shape index (κ1) is 11.9. The molecule has 1 aliphatic heterocycles. The molecule has 0 saturated carbocycles. The standard InChI is InChI=1S/C13H18N2O2/c1-15-7-6-14-12(13(15)16)9-10-4-3-5-11(8-10)17-2/h3-5,8,12,14H,6-7,9H2,1-2H3. The van der Waals surface area contributed by atoms with E-state index in [9.17, 15) is 4.79 Å². The van der Waals surface area contributed by atoms with Gasteiger partial charge in [-0.3, -0.25) is 4.79 Å². The number of carbonyl (C=O) groups is 1. The van der Waals surface area contributed by atoms with Gasteiger partial charge >= 0.3 is 0 Å². The van der Waals surface area contributed by atoms with E-state index in [4.69, 9.17) is 4.74 Å². The molecule has 92 valence electrons. The molecule has 0 bridgehead atoms. The fourth-order valence-corrected chi connectivity index (χ4v) is 2.06. The van der Waals surface area contributed by atoms with Gasteiger partial charge < -0.3 is 15.0 Å². The third kappa shape index (κ3) is 2.77. The molecule has 1 aromatic carbocycles. The van der Waals surface area contributed by atoms with Gasteiger partial charge in [0.25, 0.3) is 0 Å². The van der Waals surface area contributed by atoms with Gasteiger partial charge in [0.05, 0.1) is 13.2 Å². The Bertz CT molecular complexity index is 406. The van der Waals surface area contributed by atoms with Gasteiger partial charge in [0, 0.05) is 20.1 Å². The normalized spacial score (nSPS) is 20.5. The summed E-state index contributed by atoms with van der Waals surface area (Å²) >= 11 is 0. The molecule has 1 aliphatic rings. The lowest BCUT2D eigenvalue weighted by molar-refractivity contribution is -0.134. The molecule has 4 nitrogen and oxygen atoms in total. The second-order valence-electron chi connectivity index (χ2n) is 4.32. The number of nitrogens with zero attached hydrogens (tertiary/aromatic N) is 1. The van der Waals surface area contributed by atoms with Gasteiger partial charge in [-0.15, -0.1) is 0 Å².